The van der Waals surface area contributed by atoms with Crippen LogP contribution in [0.1, 0.15) is 20.3 Å². The summed E-state index contributed by atoms with van der Waals surface area (Å²) < 4.78 is 22.8. The lowest BCUT2D eigenvalue weighted by atomic mass is 9.81. The summed E-state index contributed by atoms with van der Waals surface area (Å²) in [6, 6.07) is -0.0711. The number of sulfone groups is 1. The minimum Gasteiger partial charge on any atom is -0.323 e. The average molecular weight is 284 g/mol. The fourth-order valence-corrected chi connectivity index (χ4v) is 3.72. The summed E-state index contributed by atoms with van der Waals surface area (Å²) in [5, 5.41) is 0. The van der Waals surface area contributed by atoms with Crippen LogP contribution in [-0.2, 0) is 9.84 Å². The van der Waals surface area contributed by atoms with E-state index in [0.29, 0.717) is 19.6 Å². The molecule has 2 aliphatic rings. The van der Waals surface area contributed by atoms with Gasteiger partial charge in [0.05, 0.1) is 17.0 Å². The van der Waals surface area contributed by atoms with Crippen LogP contribution in [0, 0.1) is 0 Å². The van der Waals surface area contributed by atoms with E-state index < -0.39 is 9.84 Å². The van der Waals surface area contributed by atoms with Gasteiger partial charge in [0.2, 0.25) is 0 Å². The zero-order chi connectivity index (χ0) is 14.3. The van der Waals surface area contributed by atoms with Crippen molar-refractivity contribution >= 4 is 15.9 Å². The highest BCUT2D eigenvalue weighted by Gasteiger charge is 2.46. The Hall–Kier alpha value is -1.26. The molecule has 0 aromatic rings. The second-order valence-corrected chi connectivity index (χ2v) is 7.70. The van der Waals surface area contributed by atoms with Crippen LogP contribution in [0.2, 0.25) is 0 Å². The van der Waals surface area contributed by atoms with Crippen LogP contribution in [-0.4, -0.2) is 60.9 Å². The summed E-state index contributed by atoms with van der Waals surface area (Å²) in [7, 11) is -2.95. The maximum Gasteiger partial charge on any atom is 0.320 e. The Morgan fingerprint density at radius 3 is 2.26 bits per heavy atom. The molecule has 5 nitrogen and oxygen atoms in total. The number of hydrogen-bond acceptors (Lipinski definition) is 3. The van der Waals surface area contributed by atoms with Gasteiger partial charge in [-0.2, -0.15) is 0 Å². The predicted molar refractivity (Wildman–Crippen MR) is 73.7 cm³/mol. The smallest absolute Gasteiger partial charge is 0.320 e. The highest BCUT2D eigenvalue weighted by atomic mass is 32.2. The van der Waals surface area contributed by atoms with E-state index >= 15 is 0 Å². The monoisotopic (exact) mass is 284 g/mol. The van der Waals surface area contributed by atoms with Crippen LogP contribution in [0.3, 0.4) is 0 Å². The van der Waals surface area contributed by atoms with Crippen LogP contribution in [0.4, 0.5) is 4.79 Å². The van der Waals surface area contributed by atoms with Gasteiger partial charge in [-0.05, 0) is 25.8 Å². The lowest BCUT2D eigenvalue weighted by molar-refractivity contribution is 0.0454. The van der Waals surface area contributed by atoms with Crippen LogP contribution in [0.25, 0.3) is 0 Å². The van der Waals surface area contributed by atoms with Crippen LogP contribution >= 0.6 is 0 Å². The van der Waals surface area contributed by atoms with Crippen LogP contribution in [0.15, 0.2) is 17.9 Å². The first-order valence-corrected chi connectivity index (χ1v) is 8.26. The third-order valence-electron chi connectivity index (χ3n) is 4.34. The second kappa shape index (κ2) is 4.69. The molecule has 106 valence electrons. The molecular formula is C13H20N2O3S. The van der Waals surface area contributed by atoms with Crippen molar-refractivity contribution < 1.29 is 13.2 Å². The third kappa shape index (κ3) is 2.42. The molecule has 0 saturated carbocycles. The van der Waals surface area contributed by atoms with E-state index in [1.54, 1.807) is 9.80 Å². The van der Waals surface area contributed by atoms with E-state index in [0.717, 1.165) is 12.0 Å². The minimum atomic E-state index is -2.95. The average Bonchev–Trinajstić information content (AvgIpc) is 2.35. The Morgan fingerprint density at radius 2 is 1.84 bits per heavy atom. The molecule has 2 heterocycles. The molecule has 0 spiro atoms. The largest absolute Gasteiger partial charge is 0.323 e. The van der Waals surface area contributed by atoms with Gasteiger partial charge in [0.25, 0.3) is 0 Å². The number of hydrogen-bond donors (Lipinski definition) is 0. The summed E-state index contributed by atoms with van der Waals surface area (Å²) in [4.78, 5) is 15.8. The molecule has 0 aliphatic carbocycles. The van der Waals surface area contributed by atoms with E-state index in [4.69, 9.17) is 0 Å². The van der Waals surface area contributed by atoms with Crippen molar-refractivity contribution in [3.63, 3.8) is 0 Å². The van der Waals surface area contributed by atoms with Gasteiger partial charge in [-0.15, -0.1) is 5.73 Å². The number of rotatable bonds is 1. The van der Waals surface area contributed by atoms with Crippen LogP contribution in [0.5, 0.6) is 0 Å². The normalized spacial score (nSPS) is 29.4. The third-order valence-corrected chi connectivity index (χ3v) is 5.95. The molecule has 2 fully saturated rings. The van der Waals surface area contributed by atoms with Crippen LogP contribution < -0.4 is 0 Å². The van der Waals surface area contributed by atoms with Crippen molar-refractivity contribution in [3.05, 3.63) is 17.9 Å². The maximum atomic E-state index is 12.4. The first-order chi connectivity index (χ1) is 8.80. The molecule has 1 atom stereocenters. The summed E-state index contributed by atoms with van der Waals surface area (Å²) >= 11 is 0. The van der Waals surface area contributed by atoms with Gasteiger partial charge in [0, 0.05) is 19.6 Å². The van der Waals surface area contributed by atoms with E-state index in [-0.39, 0.29) is 23.1 Å². The molecule has 2 aliphatic heterocycles. The molecule has 2 amide bonds. The Kier molecular flexibility index (Phi) is 3.49. The van der Waals surface area contributed by atoms with Gasteiger partial charge in [-0.25, -0.2) is 13.2 Å². The minimum absolute atomic E-state index is 0.0690. The van der Waals surface area contributed by atoms with Crippen molar-refractivity contribution in [2.75, 3.05) is 31.1 Å². The quantitative estimate of drug-likeness (QED) is 0.676. The molecule has 0 bridgehead atoms. The Balaban J connectivity index is 2.08. The van der Waals surface area contributed by atoms with Crippen molar-refractivity contribution in [1.82, 2.24) is 9.80 Å². The summed E-state index contributed by atoms with van der Waals surface area (Å²) in [6.45, 7) is 8.87. The van der Waals surface area contributed by atoms with Gasteiger partial charge in [-0.3, -0.25) is 0 Å². The van der Waals surface area contributed by atoms with E-state index in [9.17, 15) is 13.2 Å². The van der Waals surface area contributed by atoms with Crippen molar-refractivity contribution in [2.45, 2.75) is 25.8 Å². The molecule has 0 aromatic heterocycles. The Morgan fingerprint density at radius 1 is 1.26 bits per heavy atom. The van der Waals surface area contributed by atoms with Crippen molar-refractivity contribution in [3.8, 4) is 0 Å². The van der Waals surface area contributed by atoms with Crippen molar-refractivity contribution in [2.24, 2.45) is 0 Å². The molecule has 0 aromatic carbocycles. The van der Waals surface area contributed by atoms with Gasteiger partial charge >= 0.3 is 6.03 Å². The fraction of sp³-hybridized carbons (Fsp3) is 0.692. The summed E-state index contributed by atoms with van der Waals surface area (Å²) in [5.74, 6) is 0.138. The highest BCUT2D eigenvalue weighted by Crippen LogP contribution is 2.37. The summed E-state index contributed by atoms with van der Waals surface area (Å²) in [5.41, 5.74) is 3.51. The fourth-order valence-electron chi connectivity index (χ4n) is 2.52. The van der Waals surface area contributed by atoms with E-state index in [1.807, 2.05) is 13.8 Å². The Labute approximate surface area is 114 Å². The lowest BCUT2D eigenvalue weighted by Gasteiger charge is -2.52. The maximum absolute atomic E-state index is 12.4. The molecule has 0 radical (unpaired) electrons. The standard InChI is InChI=1S/C13H20N2O3S/c1-4-11(2)13(3)5-6-15(13)12(16)14-7-9-19(17,18)10-8-14/h1,5-10H2,2-3H3. The number of nitrogens with zero attached hydrogens (tertiary/aromatic N) is 2. The number of carbonyl (C=O) groups excluding carboxylic acids is 1. The molecule has 19 heavy (non-hydrogen) atoms. The molecule has 2 saturated heterocycles. The molecule has 1 unspecified atom stereocenters. The molecule has 2 rings (SSSR count). The number of urea groups is 1. The van der Waals surface area contributed by atoms with E-state index in [1.165, 1.54) is 0 Å². The molecule has 0 N–H and O–H groups in total. The number of likely N-dealkylation sites (tertiary alicyclic amines) is 1. The first kappa shape index (κ1) is 14.2. The number of carbonyl (C=O) groups is 1. The topological polar surface area (TPSA) is 57.7 Å². The lowest BCUT2D eigenvalue weighted by Crippen LogP contribution is -2.65. The van der Waals surface area contributed by atoms with Gasteiger partial charge in [0.1, 0.15) is 0 Å². The predicted octanol–water partition coefficient (Wildman–Crippen LogP) is 1.03. The second-order valence-electron chi connectivity index (χ2n) is 5.40. The number of amides is 2. The Bertz CT molecular complexity index is 534. The zero-order valence-corrected chi connectivity index (χ0v) is 12.3. The van der Waals surface area contributed by atoms with Gasteiger partial charge in [0.15, 0.2) is 9.84 Å². The molecule has 6 heteroatoms. The highest BCUT2D eigenvalue weighted by molar-refractivity contribution is 7.91. The van der Waals surface area contributed by atoms with Gasteiger partial charge in [-0.1, -0.05) is 6.58 Å². The SMILES string of the molecule is C=C=C(C)C1(C)CCN1C(=O)N1CCS(=O)(=O)CC1. The van der Waals surface area contributed by atoms with E-state index in [2.05, 4.69) is 12.3 Å². The summed E-state index contributed by atoms with van der Waals surface area (Å²) in [6.07, 6.45) is 0.902. The zero-order valence-electron chi connectivity index (χ0n) is 11.5. The van der Waals surface area contributed by atoms with Gasteiger partial charge < -0.3 is 9.80 Å². The first-order valence-electron chi connectivity index (χ1n) is 6.44. The van der Waals surface area contributed by atoms with Crippen molar-refractivity contribution in [1.29, 1.82) is 0 Å². The molecular weight excluding hydrogens is 264 g/mol.